The smallest absolute Gasteiger partial charge is 0.254 e. The van der Waals surface area contributed by atoms with E-state index in [-0.39, 0.29) is 23.7 Å². The zero-order valence-electron chi connectivity index (χ0n) is 26.0. The van der Waals surface area contributed by atoms with E-state index in [4.69, 9.17) is 20.4 Å². The van der Waals surface area contributed by atoms with E-state index in [0.29, 0.717) is 23.1 Å². The Bertz CT molecular complexity index is 2210. The first-order valence-corrected chi connectivity index (χ1v) is 16.2. The van der Waals surface area contributed by atoms with Crippen molar-refractivity contribution in [2.75, 3.05) is 13.7 Å². The van der Waals surface area contributed by atoms with Crippen LogP contribution in [-0.2, 0) is 13.6 Å². The lowest BCUT2D eigenvalue weighted by Gasteiger charge is -2.27. The number of nitrogens with zero attached hydrogens (tertiary/aromatic N) is 5. The Labute approximate surface area is 266 Å². The molecule has 46 heavy (non-hydrogen) atoms. The van der Waals surface area contributed by atoms with Crippen molar-refractivity contribution in [1.82, 2.24) is 24.0 Å². The van der Waals surface area contributed by atoms with Crippen LogP contribution in [0.3, 0.4) is 0 Å². The number of ether oxygens (including phenoxy) is 1. The van der Waals surface area contributed by atoms with Gasteiger partial charge in [-0.2, -0.15) is 0 Å². The summed E-state index contributed by atoms with van der Waals surface area (Å²) in [5.74, 6) is 2.68. The van der Waals surface area contributed by atoms with Crippen LogP contribution in [0.25, 0.3) is 55.6 Å². The number of aromatic nitrogens is 4. The average molecular weight is 613 g/mol. The third-order valence-corrected chi connectivity index (χ3v) is 10.5. The Morgan fingerprint density at radius 2 is 1.78 bits per heavy atom. The summed E-state index contributed by atoms with van der Waals surface area (Å²) in [6.07, 6.45) is 4.48. The zero-order chi connectivity index (χ0) is 31.3. The van der Waals surface area contributed by atoms with Crippen molar-refractivity contribution in [2.24, 2.45) is 24.6 Å². The van der Waals surface area contributed by atoms with Gasteiger partial charge in [-0.1, -0.05) is 18.2 Å². The molecule has 3 aromatic carbocycles. The normalized spacial score (nSPS) is 20.8. The molecule has 3 aromatic heterocycles. The summed E-state index contributed by atoms with van der Waals surface area (Å²) < 4.78 is 10.3. The summed E-state index contributed by atoms with van der Waals surface area (Å²) in [5.41, 5.74) is 12.4. The maximum atomic E-state index is 13.7. The molecule has 2 saturated carbocycles. The average Bonchev–Trinajstić information content (AvgIpc) is 3.47. The molecule has 9 heteroatoms. The summed E-state index contributed by atoms with van der Waals surface area (Å²) in [6, 6.07) is 21.9. The Hall–Kier alpha value is -4.89. The van der Waals surface area contributed by atoms with Gasteiger partial charge in [-0.3, -0.25) is 4.79 Å². The number of aromatic hydroxyl groups is 1. The first-order chi connectivity index (χ1) is 22.4. The minimum Gasteiger partial charge on any atom is -0.508 e. The lowest BCUT2D eigenvalue weighted by molar-refractivity contribution is 0.0700. The number of rotatable bonds is 6. The Kier molecular flexibility index (Phi) is 5.99. The molecule has 1 aliphatic heterocycles. The molecular weight excluding hydrogens is 576 g/mol. The standard InChI is InChI=1S/C37H36N6O3/c1-41-34-29(15-26(17-32(34)46-2)37(45)43-19-24-9-12-30(43)33(24)38)40-36(41)31-16-23-8-11-28(39-35(23)42(31)18-20-3-4-20)22-6-5-21-7-10-27(44)14-25(21)13-22/h5-8,10-11,13-17,20,24,30,33,44H,3-4,9,12,18-19,38H2,1-2H3/t24-,30-,33-/m1/s1. The van der Waals surface area contributed by atoms with Gasteiger partial charge >= 0.3 is 0 Å². The quantitative estimate of drug-likeness (QED) is 0.235. The van der Waals surface area contributed by atoms with Crippen LogP contribution in [0.4, 0.5) is 0 Å². The number of hydrogen-bond donors (Lipinski definition) is 2. The molecular formula is C37H36N6O3. The maximum Gasteiger partial charge on any atom is 0.254 e. The number of piperidine rings is 1. The molecule has 3 atom stereocenters. The van der Waals surface area contributed by atoms with Crippen LogP contribution in [0.15, 0.2) is 66.7 Å². The molecule has 3 aliphatic rings. The van der Waals surface area contributed by atoms with Gasteiger partial charge in [0.1, 0.15) is 22.7 Å². The first-order valence-electron chi connectivity index (χ1n) is 16.2. The molecule has 2 bridgehead atoms. The van der Waals surface area contributed by atoms with Gasteiger partial charge in [0.2, 0.25) is 0 Å². The molecule has 0 spiro atoms. The van der Waals surface area contributed by atoms with Gasteiger partial charge in [0.05, 0.1) is 24.0 Å². The van der Waals surface area contributed by atoms with Crippen molar-refractivity contribution in [3.63, 3.8) is 0 Å². The number of phenolic OH excluding ortho intramolecular Hbond substituents is 1. The summed E-state index contributed by atoms with van der Waals surface area (Å²) >= 11 is 0. The van der Waals surface area contributed by atoms with Gasteiger partial charge < -0.3 is 29.6 Å². The number of imidazole rings is 1. The summed E-state index contributed by atoms with van der Waals surface area (Å²) in [6.45, 7) is 1.58. The molecule has 4 heterocycles. The number of methoxy groups -OCH3 is 1. The molecule has 3 fully saturated rings. The van der Waals surface area contributed by atoms with E-state index in [1.54, 1.807) is 19.2 Å². The number of nitrogens with two attached hydrogens (primary N) is 1. The number of likely N-dealkylation sites (tertiary alicyclic amines) is 1. The fraction of sp³-hybridized carbons (Fsp3) is 0.324. The van der Waals surface area contributed by atoms with Crippen LogP contribution in [0.5, 0.6) is 11.5 Å². The molecule has 0 unspecified atom stereocenters. The monoisotopic (exact) mass is 612 g/mol. The Morgan fingerprint density at radius 1 is 0.957 bits per heavy atom. The van der Waals surface area contributed by atoms with Crippen LogP contribution in [0, 0.1) is 11.8 Å². The second-order valence-corrected chi connectivity index (χ2v) is 13.4. The van der Waals surface area contributed by atoms with E-state index in [0.717, 1.165) is 81.5 Å². The fourth-order valence-corrected chi connectivity index (χ4v) is 7.88. The molecule has 1 saturated heterocycles. The highest BCUT2D eigenvalue weighted by molar-refractivity contribution is 6.00. The van der Waals surface area contributed by atoms with Crippen molar-refractivity contribution in [1.29, 1.82) is 0 Å². The highest BCUT2D eigenvalue weighted by atomic mass is 16.5. The number of amides is 1. The van der Waals surface area contributed by atoms with Crippen molar-refractivity contribution < 1.29 is 14.6 Å². The summed E-state index contributed by atoms with van der Waals surface area (Å²) in [4.78, 5) is 26.1. The highest BCUT2D eigenvalue weighted by Gasteiger charge is 2.47. The van der Waals surface area contributed by atoms with E-state index >= 15 is 0 Å². The van der Waals surface area contributed by atoms with Crippen molar-refractivity contribution in [3.8, 4) is 34.3 Å². The van der Waals surface area contributed by atoms with Crippen LogP contribution in [0.2, 0.25) is 0 Å². The molecule has 0 radical (unpaired) electrons. The number of phenols is 1. The van der Waals surface area contributed by atoms with Crippen LogP contribution >= 0.6 is 0 Å². The predicted octanol–water partition coefficient (Wildman–Crippen LogP) is 6.10. The second kappa shape index (κ2) is 10.1. The van der Waals surface area contributed by atoms with E-state index in [9.17, 15) is 9.90 Å². The number of carbonyl (C=O) groups is 1. The third-order valence-electron chi connectivity index (χ3n) is 10.5. The highest BCUT2D eigenvalue weighted by Crippen LogP contribution is 2.40. The van der Waals surface area contributed by atoms with E-state index in [1.165, 1.54) is 12.8 Å². The van der Waals surface area contributed by atoms with Crippen molar-refractivity contribution in [3.05, 3.63) is 72.3 Å². The van der Waals surface area contributed by atoms with Gasteiger partial charge in [0.25, 0.3) is 5.91 Å². The number of pyridine rings is 1. The molecule has 9 rings (SSSR count). The molecule has 2 aliphatic carbocycles. The van der Waals surface area contributed by atoms with Crippen LogP contribution in [0.1, 0.15) is 36.0 Å². The Balaban J connectivity index is 1.15. The number of benzene rings is 3. The molecule has 232 valence electrons. The minimum atomic E-state index is -0.00136. The number of aryl methyl sites for hydroxylation is 1. The predicted molar refractivity (Wildman–Crippen MR) is 179 cm³/mol. The van der Waals surface area contributed by atoms with Gasteiger partial charge in [-0.25, -0.2) is 9.97 Å². The second-order valence-electron chi connectivity index (χ2n) is 13.4. The van der Waals surface area contributed by atoms with Crippen molar-refractivity contribution >= 4 is 38.7 Å². The third kappa shape index (κ3) is 4.21. The van der Waals surface area contributed by atoms with Crippen LogP contribution in [-0.4, -0.2) is 60.8 Å². The largest absolute Gasteiger partial charge is 0.508 e. The molecule has 3 N–H and O–H groups in total. The number of carbonyl (C=O) groups excluding carboxylic acids is 1. The summed E-state index contributed by atoms with van der Waals surface area (Å²) in [7, 11) is 3.66. The first kappa shape index (κ1) is 27.4. The van der Waals surface area contributed by atoms with Crippen molar-refractivity contribution in [2.45, 2.75) is 44.3 Å². The van der Waals surface area contributed by atoms with E-state index in [2.05, 4.69) is 45.5 Å². The molecule has 6 aromatic rings. The lowest BCUT2D eigenvalue weighted by atomic mass is 10.0. The number of fused-ring (bicyclic) bond motifs is 5. The Morgan fingerprint density at radius 3 is 2.54 bits per heavy atom. The van der Waals surface area contributed by atoms with Gasteiger partial charge in [-0.15, -0.1) is 0 Å². The van der Waals surface area contributed by atoms with E-state index in [1.807, 2.05) is 30.1 Å². The fourth-order valence-electron chi connectivity index (χ4n) is 7.88. The minimum absolute atomic E-state index is 0.00136. The molecule has 1 amide bonds. The number of hydrogen-bond acceptors (Lipinski definition) is 6. The zero-order valence-corrected chi connectivity index (χ0v) is 26.0. The van der Waals surface area contributed by atoms with Crippen LogP contribution < -0.4 is 10.5 Å². The van der Waals surface area contributed by atoms with Gasteiger partial charge in [0, 0.05) is 48.7 Å². The molecule has 9 nitrogen and oxygen atoms in total. The van der Waals surface area contributed by atoms with Gasteiger partial charge in [0.15, 0.2) is 5.82 Å². The maximum absolute atomic E-state index is 13.7. The summed E-state index contributed by atoms with van der Waals surface area (Å²) in [5, 5.41) is 13.1. The topological polar surface area (TPSA) is 111 Å². The van der Waals surface area contributed by atoms with E-state index < -0.39 is 0 Å². The lowest BCUT2D eigenvalue weighted by Crippen LogP contribution is -2.41. The SMILES string of the molecule is COc1cc(C(=O)N2C[C@H]3CC[C@@H]2[C@@H]3N)cc2nc(-c3cc4ccc(-c5ccc6ccc(O)cc6c5)nc4n3CC3CC3)n(C)c12. The van der Waals surface area contributed by atoms with Gasteiger partial charge in [-0.05, 0) is 96.8 Å².